The molecule has 0 heterocycles. The van der Waals surface area contributed by atoms with Gasteiger partial charge < -0.3 is 9.84 Å². The van der Waals surface area contributed by atoms with Crippen LogP contribution in [0.4, 0.5) is 0 Å². The molecule has 1 aromatic carbocycles. The second-order valence-electron chi connectivity index (χ2n) is 3.85. The molecular formula is C11H14ClNO5S. The lowest BCUT2D eigenvalue weighted by molar-refractivity contribution is -0.147. The molecule has 0 aromatic heterocycles. The van der Waals surface area contributed by atoms with Gasteiger partial charge in [0.05, 0.1) is 5.02 Å². The lowest BCUT2D eigenvalue weighted by atomic mass is 10.2. The first-order valence-electron chi connectivity index (χ1n) is 5.29. The van der Waals surface area contributed by atoms with Crippen LogP contribution in [0.1, 0.15) is 5.56 Å². The fourth-order valence-electron chi connectivity index (χ4n) is 1.36. The number of ether oxygens (including phenoxy) is 1. The number of carboxylic acid groups (broad SMARTS) is 1. The monoisotopic (exact) mass is 307 g/mol. The summed E-state index contributed by atoms with van der Waals surface area (Å²) in [6, 6.07) is 4.48. The largest absolute Gasteiger partial charge is 0.479 e. The van der Waals surface area contributed by atoms with Crippen LogP contribution >= 0.6 is 11.6 Å². The normalized spacial score (nSPS) is 13.2. The maximum Gasteiger partial charge on any atom is 0.334 e. The Kier molecular flexibility index (Phi) is 5.30. The van der Waals surface area contributed by atoms with Gasteiger partial charge in [0.2, 0.25) is 10.0 Å². The van der Waals surface area contributed by atoms with E-state index in [1.807, 2.05) is 0 Å². The van der Waals surface area contributed by atoms with Gasteiger partial charge in [-0.3, -0.25) is 0 Å². The molecule has 0 aliphatic rings. The van der Waals surface area contributed by atoms with Crippen molar-refractivity contribution in [3.63, 3.8) is 0 Å². The van der Waals surface area contributed by atoms with Crippen LogP contribution in [0.3, 0.4) is 0 Å². The third-order valence-corrected chi connectivity index (χ3v) is 4.30. The summed E-state index contributed by atoms with van der Waals surface area (Å²) in [7, 11) is -2.69. The van der Waals surface area contributed by atoms with Crippen molar-refractivity contribution in [2.24, 2.45) is 0 Å². The topological polar surface area (TPSA) is 92.7 Å². The van der Waals surface area contributed by atoms with Crippen molar-refractivity contribution in [1.29, 1.82) is 0 Å². The molecule has 0 amide bonds. The first kappa shape index (κ1) is 15.9. The molecule has 19 heavy (non-hydrogen) atoms. The molecule has 0 spiro atoms. The first-order chi connectivity index (χ1) is 8.77. The number of aliphatic carboxylic acids is 1. The Morgan fingerprint density at radius 3 is 2.63 bits per heavy atom. The highest BCUT2D eigenvalue weighted by molar-refractivity contribution is 7.89. The fourth-order valence-corrected chi connectivity index (χ4v) is 2.99. The Morgan fingerprint density at radius 2 is 2.16 bits per heavy atom. The molecular weight excluding hydrogens is 294 g/mol. The minimum Gasteiger partial charge on any atom is -0.479 e. The van der Waals surface area contributed by atoms with Crippen molar-refractivity contribution in [3.05, 3.63) is 28.8 Å². The van der Waals surface area contributed by atoms with Crippen LogP contribution in [-0.2, 0) is 19.6 Å². The van der Waals surface area contributed by atoms with Gasteiger partial charge in [-0.25, -0.2) is 17.9 Å². The third-order valence-electron chi connectivity index (χ3n) is 2.40. The summed E-state index contributed by atoms with van der Waals surface area (Å²) in [6.07, 6.45) is -1.25. The summed E-state index contributed by atoms with van der Waals surface area (Å²) in [6.45, 7) is 1.40. The van der Waals surface area contributed by atoms with Gasteiger partial charge in [0.15, 0.2) is 6.10 Å². The van der Waals surface area contributed by atoms with Crippen molar-refractivity contribution in [2.45, 2.75) is 17.9 Å². The van der Waals surface area contributed by atoms with Gasteiger partial charge in [-0.1, -0.05) is 17.7 Å². The van der Waals surface area contributed by atoms with E-state index < -0.39 is 22.1 Å². The fraction of sp³-hybridized carbons (Fsp3) is 0.364. The van der Waals surface area contributed by atoms with E-state index in [4.69, 9.17) is 16.7 Å². The number of hydrogen-bond donors (Lipinski definition) is 2. The number of sulfonamides is 1. The SMILES string of the molecule is COC(CNS(=O)(=O)c1ccc(C)cc1Cl)C(=O)O. The number of hydrogen-bond acceptors (Lipinski definition) is 4. The first-order valence-corrected chi connectivity index (χ1v) is 7.15. The average molecular weight is 308 g/mol. The van der Waals surface area contributed by atoms with E-state index in [0.717, 1.165) is 5.56 Å². The van der Waals surface area contributed by atoms with Gasteiger partial charge in [-0.2, -0.15) is 0 Å². The smallest absolute Gasteiger partial charge is 0.334 e. The number of halogens is 1. The lowest BCUT2D eigenvalue weighted by Crippen LogP contribution is -2.37. The molecule has 0 fully saturated rings. The van der Waals surface area contributed by atoms with Gasteiger partial charge in [0, 0.05) is 13.7 Å². The molecule has 106 valence electrons. The van der Waals surface area contributed by atoms with Crippen LogP contribution in [0, 0.1) is 6.92 Å². The Bertz CT molecular complexity index is 572. The highest BCUT2D eigenvalue weighted by Gasteiger charge is 2.22. The summed E-state index contributed by atoms with van der Waals surface area (Å²) in [4.78, 5) is 10.6. The molecule has 1 aromatic rings. The van der Waals surface area contributed by atoms with E-state index in [1.54, 1.807) is 13.0 Å². The molecule has 2 N–H and O–H groups in total. The third kappa shape index (κ3) is 4.17. The Morgan fingerprint density at radius 1 is 1.53 bits per heavy atom. The summed E-state index contributed by atoms with van der Waals surface area (Å²) in [5.41, 5.74) is 0.823. The molecule has 0 aliphatic carbocycles. The molecule has 6 nitrogen and oxygen atoms in total. The zero-order valence-electron chi connectivity index (χ0n) is 10.4. The van der Waals surface area contributed by atoms with Crippen LogP contribution in [-0.4, -0.2) is 39.3 Å². The van der Waals surface area contributed by atoms with Crippen LogP contribution < -0.4 is 4.72 Å². The number of rotatable bonds is 6. The van der Waals surface area contributed by atoms with Gasteiger partial charge in [-0.15, -0.1) is 0 Å². The number of aryl methyl sites for hydroxylation is 1. The van der Waals surface area contributed by atoms with Gasteiger partial charge in [0.25, 0.3) is 0 Å². The summed E-state index contributed by atoms with van der Waals surface area (Å²) in [5.74, 6) is -1.25. The lowest BCUT2D eigenvalue weighted by Gasteiger charge is -2.13. The maximum atomic E-state index is 12.0. The van der Waals surface area contributed by atoms with E-state index in [0.29, 0.717) is 0 Å². The van der Waals surface area contributed by atoms with E-state index in [2.05, 4.69) is 9.46 Å². The van der Waals surface area contributed by atoms with E-state index in [9.17, 15) is 13.2 Å². The zero-order chi connectivity index (χ0) is 14.6. The highest BCUT2D eigenvalue weighted by atomic mass is 35.5. The predicted octanol–water partition coefficient (Wildman–Crippen LogP) is 1.03. The predicted molar refractivity (Wildman–Crippen MR) is 69.8 cm³/mol. The highest BCUT2D eigenvalue weighted by Crippen LogP contribution is 2.22. The standard InChI is InChI=1S/C11H14ClNO5S/c1-7-3-4-10(8(12)5-7)19(16,17)13-6-9(18-2)11(14)15/h3-5,9,13H,6H2,1-2H3,(H,14,15). The van der Waals surface area contributed by atoms with Crippen molar-refractivity contribution >= 4 is 27.6 Å². The van der Waals surface area contributed by atoms with E-state index in [1.165, 1.54) is 19.2 Å². The van der Waals surface area contributed by atoms with Gasteiger partial charge in [-0.05, 0) is 24.6 Å². The summed E-state index contributed by atoms with van der Waals surface area (Å²) < 4.78 is 30.7. The van der Waals surface area contributed by atoms with Gasteiger partial charge in [0.1, 0.15) is 4.90 Å². The number of carboxylic acids is 1. The second kappa shape index (κ2) is 6.33. The Hall–Kier alpha value is -1.15. The minimum absolute atomic E-state index is 0.0804. The molecule has 0 saturated carbocycles. The van der Waals surface area contributed by atoms with Crippen LogP contribution in [0.5, 0.6) is 0 Å². The Labute approximate surface area is 116 Å². The second-order valence-corrected chi connectivity index (χ2v) is 5.99. The number of benzene rings is 1. The summed E-state index contributed by atoms with van der Waals surface area (Å²) >= 11 is 5.86. The quantitative estimate of drug-likeness (QED) is 0.818. The van der Waals surface area contributed by atoms with Crippen molar-refractivity contribution in [1.82, 2.24) is 4.72 Å². The van der Waals surface area contributed by atoms with Crippen LogP contribution in [0.25, 0.3) is 0 Å². The maximum absolute atomic E-state index is 12.0. The molecule has 8 heteroatoms. The van der Waals surface area contributed by atoms with Gasteiger partial charge >= 0.3 is 5.97 Å². The van der Waals surface area contributed by atoms with E-state index >= 15 is 0 Å². The van der Waals surface area contributed by atoms with E-state index in [-0.39, 0.29) is 16.5 Å². The number of methoxy groups -OCH3 is 1. The zero-order valence-corrected chi connectivity index (χ0v) is 12.0. The van der Waals surface area contributed by atoms with Crippen LogP contribution in [0.2, 0.25) is 5.02 Å². The molecule has 1 rings (SSSR count). The molecule has 0 aliphatic heterocycles. The van der Waals surface area contributed by atoms with Crippen molar-refractivity contribution in [3.8, 4) is 0 Å². The van der Waals surface area contributed by atoms with Crippen molar-refractivity contribution < 1.29 is 23.1 Å². The molecule has 1 atom stereocenters. The average Bonchev–Trinajstić information content (AvgIpc) is 2.28. The Balaban J connectivity index is 2.90. The number of nitrogens with one attached hydrogen (secondary N) is 1. The molecule has 1 unspecified atom stereocenters. The summed E-state index contributed by atoms with van der Waals surface area (Å²) in [5, 5.41) is 8.83. The van der Waals surface area contributed by atoms with Crippen LogP contribution in [0.15, 0.2) is 23.1 Å². The molecule has 0 radical (unpaired) electrons. The number of carbonyl (C=O) groups is 1. The minimum atomic E-state index is -3.87. The molecule has 0 bridgehead atoms. The van der Waals surface area contributed by atoms with Crippen molar-refractivity contribution in [2.75, 3.05) is 13.7 Å². The molecule has 0 saturated heterocycles.